The molecule has 2 heterocycles. The standard InChI is InChI=1S/C17H17N3O3/c1-23-16(21)14-4-2-13(3-5-14)12-19-10-11-20(17(19)22)15-6-8-18-9-7-15/h2-9H,10-12H2,1H3. The van der Waals surface area contributed by atoms with Crippen LogP contribution in [0.15, 0.2) is 48.8 Å². The number of urea groups is 1. The number of hydrogen-bond donors (Lipinski definition) is 0. The highest BCUT2D eigenvalue weighted by atomic mass is 16.5. The molecule has 0 unspecified atom stereocenters. The first-order valence-corrected chi connectivity index (χ1v) is 7.33. The van der Waals surface area contributed by atoms with Gasteiger partial charge in [0.2, 0.25) is 0 Å². The number of methoxy groups -OCH3 is 1. The number of hydrogen-bond acceptors (Lipinski definition) is 4. The SMILES string of the molecule is COC(=O)c1ccc(CN2CCN(c3ccncc3)C2=O)cc1. The second-order valence-electron chi connectivity index (χ2n) is 5.25. The summed E-state index contributed by atoms with van der Waals surface area (Å²) in [6.45, 7) is 1.84. The summed E-state index contributed by atoms with van der Waals surface area (Å²) in [4.78, 5) is 31.4. The van der Waals surface area contributed by atoms with Crippen LogP contribution in [0.25, 0.3) is 0 Å². The number of amides is 2. The van der Waals surface area contributed by atoms with Crippen LogP contribution in [-0.4, -0.2) is 42.1 Å². The van der Waals surface area contributed by atoms with E-state index in [4.69, 9.17) is 0 Å². The van der Waals surface area contributed by atoms with E-state index >= 15 is 0 Å². The van der Waals surface area contributed by atoms with Gasteiger partial charge in [-0.25, -0.2) is 9.59 Å². The lowest BCUT2D eigenvalue weighted by Gasteiger charge is -2.18. The number of carbonyl (C=O) groups is 2. The second-order valence-corrected chi connectivity index (χ2v) is 5.25. The van der Waals surface area contributed by atoms with Crippen LogP contribution in [0.4, 0.5) is 10.5 Å². The van der Waals surface area contributed by atoms with E-state index in [-0.39, 0.29) is 12.0 Å². The molecule has 0 atom stereocenters. The van der Waals surface area contributed by atoms with E-state index < -0.39 is 0 Å². The van der Waals surface area contributed by atoms with Gasteiger partial charge in [-0.2, -0.15) is 0 Å². The Morgan fingerprint density at radius 3 is 2.48 bits per heavy atom. The third-order valence-electron chi connectivity index (χ3n) is 3.82. The summed E-state index contributed by atoms with van der Waals surface area (Å²) in [5.41, 5.74) is 2.33. The lowest BCUT2D eigenvalue weighted by Crippen LogP contribution is -2.31. The van der Waals surface area contributed by atoms with E-state index in [0.717, 1.165) is 11.3 Å². The van der Waals surface area contributed by atoms with Crippen LogP contribution in [-0.2, 0) is 11.3 Å². The van der Waals surface area contributed by atoms with Gasteiger partial charge in [0.15, 0.2) is 0 Å². The molecule has 0 N–H and O–H groups in total. The highest BCUT2D eigenvalue weighted by Crippen LogP contribution is 2.21. The maximum Gasteiger partial charge on any atom is 0.337 e. The zero-order chi connectivity index (χ0) is 16.2. The Morgan fingerprint density at radius 2 is 1.83 bits per heavy atom. The van der Waals surface area contributed by atoms with Crippen LogP contribution in [0.3, 0.4) is 0 Å². The molecule has 2 aromatic rings. The minimum absolute atomic E-state index is 0.0201. The quantitative estimate of drug-likeness (QED) is 0.813. The molecule has 0 radical (unpaired) electrons. The molecule has 0 aliphatic carbocycles. The van der Waals surface area contributed by atoms with Gasteiger partial charge in [-0.1, -0.05) is 12.1 Å². The largest absolute Gasteiger partial charge is 0.465 e. The van der Waals surface area contributed by atoms with E-state index in [1.54, 1.807) is 34.3 Å². The molecule has 6 nitrogen and oxygen atoms in total. The van der Waals surface area contributed by atoms with Crippen LogP contribution in [0.2, 0.25) is 0 Å². The topological polar surface area (TPSA) is 62.7 Å². The lowest BCUT2D eigenvalue weighted by molar-refractivity contribution is 0.0600. The third kappa shape index (κ3) is 3.15. The van der Waals surface area contributed by atoms with Crippen molar-refractivity contribution in [3.8, 4) is 0 Å². The number of aromatic nitrogens is 1. The van der Waals surface area contributed by atoms with Gasteiger partial charge in [-0.05, 0) is 29.8 Å². The van der Waals surface area contributed by atoms with Crippen LogP contribution < -0.4 is 4.90 Å². The Labute approximate surface area is 134 Å². The summed E-state index contributed by atoms with van der Waals surface area (Å²) in [5.74, 6) is -0.363. The minimum Gasteiger partial charge on any atom is -0.465 e. The van der Waals surface area contributed by atoms with Gasteiger partial charge in [0, 0.05) is 37.7 Å². The Morgan fingerprint density at radius 1 is 1.13 bits per heavy atom. The van der Waals surface area contributed by atoms with Gasteiger partial charge < -0.3 is 9.64 Å². The molecule has 1 aromatic heterocycles. The van der Waals surface area contributed by atoms with E-state index in [9.17, 15) is 9.59 Å². The fourth-order valence-electron chi connectivity index (χ4n) is 2.58. The molecular weight excluding hydrogens is 294 g/mol. The van der Waals surface area contributed by atoms with Gasteiger partial charge in [0.25, 0.3) is 0 Å². The van der Waals surface area contributed by atoms with Crippen molar-refractivity contribution in [2.75, 3.05) is 25.1 Å². The van der Waals surface area contributed by atoms with Crippen molar-refractivity contribution in [1.29, 1.82) is 0 Å². The first-order chi connectivity index (χ1) is 11.2. The molecule has 1 aliphatic heterocycles. The van der Waals surface area contributed by atoms with E-state index in [2.05, 4.69) is 9.72 Å². The highest BCUT2D eigenvalue weighted by Gasteiger charge is 2.29. The summed E-state index contributed by atoms with van der Waals surface area (Å²) < 4.78 is 4.67. The highest BCUT2D eigenvalue weighted by molar-refractivity contribution is 5.94. The molecule has 6 heteroatoms. The minimum atomic E-state index is -0.363. The number of benzene rings is 1. The van der Waals surface area contributed by atoms with Crippen LogP contribution in [0.1, 0.15) is 15.9 Å². The summed E-state index contributed by atoms with van der Waals surface area (Å²) in [6.07, 6.45) is 3.35. The molecule has 1 fully saturated rings. The monoisotopic (exact) mass is 311 g/mol. The molecule has 1 saturated heterocycles. The van der Waals surface area contributed by atoms with Crippen molar-refractivity contribution in [3.63, 3.8) is 0 Å². The van der Waals surface area contributed by atoms with Gasteiger partial charge in [-0.15, -0.1) is 0 Å². The molecule has 2 amide bonds. The molecule has 0 spiro atoms. The molecule has 0 saturated carbocycles. The number of nitrogens with zero attached hydrogens (tertiary/aromatic N) is 3. The summed E-state index contributed by atoms with van der Waals surface area (Å²) in [6, 6.07) is 10.7. The predicted octanol–water partition coefficient (Wildman–Crippen LogP) is 2.31. The average Bonchev–Trinajstić information content (AvgIpc) is 2.96. The van der Waals surface area contributed by atoms with E-state index in [1.807, 2.05) is 24.3 Å². The fourth-order valence-corrected chi connectivity index (χ4v) is 2.58. The summed E-state index contributed by atoms with van der Waals surface area (Å²) in [5, 5.41) is 0. The molecule has 3 rings (SSSR count). The Kier molecular flexibility index (Phi) is 4.23. The van der Waals surface area contributed by atoms with Crippen molar-refractivity contribution in [1.82, 2.24) is 9.88 Å². The maximum absolute atomic E-state index is 12.5. The second kappa shape index (κ2) is 6.48. The predicted molar refractivity (Wildman–Crippen MR) is 85.2 cm³/mol. The summed E-state index contributed by atoms with van der Waals surface area (Å²) >= 11 is 0. The zero-order valence-corrected chi connectivity index (χ0v) is 12.8. The molecule has 0 bridgehead atoms. The van der Waals surface area contributed by atoms with Crippen molar-refractivity contribution >= 4 is 17.7 Å². The maximum atomic E-state index is 12.5. The lowest BCUT2D eigenvalue weighted by atomic mass is 10.1. The van der Waals surface area contributed by atoms with Crippen LogP contribution in [0, 0.1) is 0 Å². The molecule has 118 valence electrons. The Bertz CT molecular complexity index is 701. The smallest absolute Gasteiger partial charge is 0.337 e. The van der Waals surface area contributed by atoms with E-state index in [1.165, 1.54) is 7.11 Å². The van der Waals surface area contributed by atoms with Gasteiger partial charge >= 0.3 is 12.0 Å². The number of pyridine rings is 1. The van der Waals surface area contributed by atoms with Crippen molar-refractivity contribution in [2.24, 2.45) is 0 Å². The van der Waals surface area contributed by atoms with Gasteiger partial charge in [0.05, 0.1) is 12.7 Å². The van der Waals surface area contributed by atoms with Gasteiger partial charge in [0.1, 0.15) is 0 Å². The summed E-state index contributed by atoms with van der Waals surface area (Å²) in [7, 11) is 1.35. The number of esters is 1. The Balaban J connectivity index is 1.67. The van der Waals surface area contributed by atoms with Crippen molar-refractivity contribution < 1.29 is 14.3 Å². The van der Waals surface area contributed by atoms with Crippen molar-refractivity contribution in [3.05, 3.63) is 59.9 Å². The fraction of sp³-hybridized carbons (Fsp3) is 0.235. The molecule has 1 aliphatic rings. The Hall–Kier alpha value is -2.89. The third-order valence-corrected chi connectivity index (χ3v) is 3.82. The first kappa shape index (κ1) is 15.0. The average molecular weight is 311 g/mol. The number of ether oxygens (including phenoxy) is 1. The van der Waals surface area contributed by atoms with Crippen LogP contribution >= 0.6 is 0 Å². The van der Waals surface area contributed by atoms with Crippen LogP contribution in [0.5, 0.6) is 0 Å². The van der Waals surface area contributed by atoms with Gasteiger partial charge in [-0.3, -0.25) is 9.88 Å². The normalized spacial score (nSPS) is 14.2. The number of rotatable bonds is 4. The van der Waals surface area contributed by atoms with E-state index in [0.29, 0.717) is 25.2 Å². The number of anilines is 1. The zero-order valence-electron chi connectivity index (χ0n) is 12.8. The number of carbonyl (C=O) groups excluding carboxylic acids is 2. The molecule has 23 heavy (non-hydrogen) atoms. The van der Waals surface area contributed by atoms with Crippen molar-refractivity contribution in [2.45, 2.75) is 6.54 Å². The molecular formula is C17H17N3O3. The molecule has 1 aromatic carbocycles. The first-order valence-electron chi connectivity index (χ1n) is 7.33.